The molecule has 0 aliphatic carbocycles. The van der Waals surface area contributed by atoms with Gasteiger partial charge in [-0.3, -0.25) is 14.3 Å². The van der Waals surface area contributed by atoms with Crippen LogP contribution in [0, 0.1) is 6.92 Å². The van der Waals surface area contributed by atoms with Gasteiger partial charge in [0.05, 0.1) is 31.5 Å². The van der Waals surface area contributed by atoms with Gasteiger partial charge in [-0.15, -0.1) is 11.3 Å². The molecule has 0 atom stereocenters. The van der Waals surface area contributed by atoms with Crippen LogP contribution >= 0.6 is 11.3 Å². The number of nitrogens with zero attached hydrogens (tertiary/aromatic N) is 3. The van der Waals surface area contributed by atoms with Gasteiger partial charge >= 0.3 is 5.97 Å². The topological polar surface area (TPSA) is 73.7 Å². The SMILES string of the molecule is CCOC(=O)c1sc2ncn(CCN3CCOCC3)c(=O)c2c1C. The molecule has 0 spiro atoms. The Labute approximate surface area is 143 Å². The van der Waals surface area contributed by atoms with Crippen LogP contribution in [0.25, 0.3) is 10.2 Å². The summed E-state index contributed by atoms with van der Waals surface area (Å²) in [5.41, 5.74) is 0.559. The first-order valence-corrected chi connectivity index (χ1v) is 8.89. The summed E-state index contributed by atoms with van der Waals surface area (Å²) in [6, 6.07) is 0. The van der Waals surface area contributed by atoms with Crippen molar-refractivity contribution >= 4 is 27.5 Å². The molecule has 7 nitrogen and oxygen atoms in total. The van der Waals surface area contributed by atoms with Crippen molar-refractivity contribution in [3.8, 4) is 0 Å². The van der Waals surface area contributed by atoms with Crippen LogP contribution in [-0.4, -0.2) is 59.9 Å². The summed E-state index contributed by atoms with van der Waals surface area (Å²) in [6.07, 6.45) is 1.57. The van der Waals surface area contributed by atoms with Crippen molar-refractivity contribution in [3.63, 3.8) is 0 Å². The van der Waals surface area contributed by atoms with E-state index in [0.29, 0.717) is 33.8 Å². The summed E-state index contributed by atoms with van der Waals surface area (Å²) in [5, 5.41) is 0.521. The van der Waals surface area contributed by atoms with Gasteiger partial charge in [0.2, 0.25) is 0 Å². The van der Waals surface area contributed by atoms with Crippen molar-refractivity contribution in [2.45, 2.75) is 20.4 Å². The molecule has 0 saturated carbocycles. The molecule has 3 rings (SSSR count). The monoisotopic (exact) mass is 351 g/mol. The highest BCUT2D eigenvalue weighted by molar-refractivity contribution is 7.20. The van der Waals surface area contributed by atoms with Gasteiger partial charge in [-0.25, -0.2) is 9.78 Å². The van der Waals surface area contributed by atoms with Crippen molar-refractivity contribution in [2.24, 2.45) is 0 Å². The zero-order valence-corrected chi connectivity index (χ0v) is 14.7. The van der Waals surface area contributed by atoms with Crippen LogP contribution in [0.3, 0.4) is 0 Å². The van der Waals surface area contributed by atoms with Crippen LogP contribution < -0.4 is 5.56 Å². The Balaban J connectivity index is 1.85. The number of ether oxygens (including phenoxy) is 2. The summed E-state index contributed by atoms with van der Waals surface area (Å²) in [5.74, 6) is -0.391. The molecule has 1 fully saturated rings. The highest BCUT2D eigenvalue weighted by atomic mass is 32.1. The fourth-order valence-corrected chi connectivity index (χ4v) is 3.82. The van der Waals surface area contributed by atoms with E-state index in [1.807, 2.05) is 0 Å². The van der Waals surface area contributed by atoms with Gasteiger partial charge in [0.1, 0.15) is 9.71 Å². The molecule has 0 bridgehead atoms. The number of fused-ring (bicyclic) bond motifs is 1. The Morgan fingerprint density at radius 1 is 1.38 bits per heavy atom. The average Bonchev–Trinajstić information content (AvgIpc) is 2.93. The quantitative estimate of drug-likeness (QED) is 0.756. The molecule has 24 heavy (non-hydrogen) atoms. The zero-order valence-electron chi connectivity index (χ0n) is 13.9. The molecule has 3 heterocycles. The fraction of sp³-hybridized carbons (Fsp3) is 0.562. The van der Waals surface area contributed by atoms with Crippen molar-refractivity contribution in [1.29, 1.82) is 0 Å². The smallest absolute Gasteiger partial charge is 0.348 e. The number of thiophene rings is 1. The van der Waals surface area contributed by atoms with Crippen LogP contribution in [0.15, 0.2) is 11.1 Å². The van der Waals surface area contributed by atoms with Crippen LogP contribution in [0.1, 0.15) is 22.2 Å². The van der Waals surface area contributed by atoms with Gasteiger partial charge in [-0.1, -0.05) is 0 Å². The summed E-state index contributed by atoms with van der Waals surface area (Å²) in [7, 11) is 0. The standard InChI is InChI=1S/C16H21N3O4S/c1-3-23-16(21)13-11(2)12-14(24-13)17-10-19(15(12)20)5-4-18-6-8-22-9-7-18/h10H,3-9H2,1-2H3. The zero-order chi connectivity index (χ0) is 17.1. The lowest BCUT2D eigenvalue weighted by molar-refractivity contribution is 0.0362. The predicted molar refractivity (Wildman–Crippen MR) is 91.8 cm³/mol. The number of hydrogen-bond acceptors (Lipinski definition) is 7. The predicted octanol–water partition coefficient (Wildman–Crippen LogP) is 1.28. The molecule has 1 aliphatic heterocycles. The number of esters is 1. The van der Waals surface area contributed by atoms with Crippen molar-refractivity contribution in [2.75, 3.05) is 39.5 Å². The lowest BCUT2D eigenvalue weighted by atomic mass is 10.2. The second kappa shape index (κ2) is 7.42. The summed E-state index contributed by atoms with van der Waals surface area (Å²) in [4.78, 5) is 32.4. The normalized spacial score (nSPS) is 15.8. The maximum atomic E-state index is 12.8. The number of carbonyl (C=O) groups excluding carboxylic acids is 1. The largest absolute Gasteiger partial charge is 0.462 e. The molecular weight excluding hydrogens is 330 g/mol. The van der Waals surface area contributed by atoms with Crippen molar-refractivity contribution < 1.29 is 14.3 Å². The molecule has 1 aliphatic rings. The van der Waals surface area contributed by atoms with Gasteiger partial charge in [-0.05, 0) is 19.4 Å². The van der Waals surface area contributed by atoms with Crippen LogP contribution in [-0.2, 0) is 16.0 Å². The third-order valence-electron chi connectivity index (χ3n) is 4.14. The van der Waals surface area contributed by atoms with E-state index in [2.05, 4.69) is 9.88 Å². The molecular formula is C16H21N3O4S. The van der Waals surface area contributed by atoms with Crippen molar-refractivity contribution in [1.82, 2.24) is 14.5 Å². The average molecular weight is 351 g/mol. The Bertz CT molecular complexity index is 792. The van der Waals surface area contributed by atoms with E-state index in [9.17, 15) is 9.59 Å². The molecule has 2 aromatic rings. The molecule has 1 saturated heterocycles. The van der Waals surface area contributed by atoms with E-state index >= 15 is 0 Å². The highest BCUT2D eigenvalue weighted by Gasteiger charge is 2.20. The van der Waals surface area contributed by atoms with Gasteiger partial charge in [0.25, 0.3) is 5.56 Å². The van der Waals surface area contributed by atoms with Gasteiger partial charge in [0, 0.05) is 26.2 Å². The highest BCUT2D eigenvalue weighted by Crippen LogP contribution is 2.27. The first kappa shape index (κ1) is 17.1. The number of hydrogen-bond donors (Lipinski definition) is 0. The van der Waals surface area contributed by atoms with E-state index in [1.54, 1.807) is 24.7 Å². The first-order valence-electron chi connectivity index (χ1n) is 8.07. The van der Waals surface area contributed by atoms with Crippen molar-refractivity contribution in [3.05, 3.63) is 27.1 Å². The summed E-state index contributed by atoms with van der Waals surface area (Å²) >= 11 is 1.22. The molecule has 0 N–H and O–H groups in total. The Morgan fingerprint density at radius 3 is 2.83 bits per heavy atom. The maximum absolute atomic E-state index is 12.8. The van der Waals surface area contributed by atoms with E-state index in [1.165, 1.54) is 11.3 Å². The Kier molecular flexibility index (Phi) is 5.27. The Hall–Kier alpha value is -1.77. The minimum Gasteiger partial charge on any atom is -0.462 e. The number of aryl methyl sites for hydroxylation is 1. The van der Waals surface area contributed by atoms with E-state index in [0.717, 1.165) is 32.8 Å². The number of carbonyl (C=O) groups is 1. The molecule has 0 aromatic carbocycles. The minimum atomic E-state index is -0.391. The van der Waals surface area contributed by atoms with Gasteiger partial charge < -0.3 is 9.47 Å². The lowest BCUT2D eigenvalue weighted by Crippen LogP contribution is -2.39. The summed E-state index contributed by atoms with van der Waals surface area (Å²) in [6.45, 7) is 8.44. The lowest BCUT2D eigenvalue weighted by Gasteiger charge is -2.26. The first-order chi connectivity index (χ1) is 11.6. The molecule has 0 radical (unpaired) electrons. The van der Waals surface area contributed by atoms with E-state index in [-0.39, 0.29) is 5.56 Å². The molecule has 130 valence electrons. The molecule has 8 heteroatoms. The third kappa shape index (κ3) is 3.35. The van der Waals surface area contributed by atoms with Gasteiger partial charge in [-0.2, -0.15) is 0 Å². The summed E-state index contributed by atoms with van der Waals surface area (Å²) < 4.78 is 12.0. The molecule has 0 amide bonds. The maximum Gasteiger partial charge on any atom is 0.348 e. The molecule has 2 aromatic heterocycles. The second-order valence-corrected chi connectivity index (χ2v) is 6.65. The number of morpholine rings is 1. The fourth-order valence-electron chi connectivity index (χ4n) is 2.78. The van der Waals surface area contributed by atoms with Crippen LogP contribution in [0.2, 0.25) is 0 Å². The van der Waals surface area contributed by atoms with E-state index in [4.69, 9.17) is 9.47 Å². The third-order valence-corrected chi connectivity index (χ3v) is 5.32. The Morgan fingerprint density at radius 2 is 2.12 bits per heavy atom. The van der Waals surface area contributed by atoms with E-state index < -0.39 is 5.97 Å². The van der Waals surface area contributed by atoms with Crippen LogP contribution in [0.5, 0.6) is 0 Å². The number of aromatic nitrogens is 2. The minimum absolute atomic E-state index is 0.0995. The van der Waals surface area contributed by atoms with Crippen LogP contribution in [0.4, 0.5) is 0 Å². The van der Waals surface area contributed by atoms with Gasteiger partial charge in [0.15, 0.2) is 0 Å². The second-order valence-electron chi connectivity index (χ2n) is 5.65. The molecule has 0 unspecified atom stereocenters. The number of rotatable bonds is 5.